The van der Waals surface area contributed by atoms with Crippen molar-refractivity contribution in [1.29, 1.82) is 0 Å². The average molecular weight is 293 g/mol. The van der Waals surface area contributed by atoms with Crippen molar-refractivity contribution in [3.8, 4) is 11.5 Å². The Balaban J connectivity index is 2.02. The number of carbonyl (C=O) groups excluding carboxylic acids is 2. The number of amides is 1. The van der Waals surface area contributed by atoms with E-state index in [1.54, 1.807) is 6.92 Å². The Labute approximate surface area is 122 Å². The van der Waals surface area contributed by atoms with Crippen molar-refractivity contribution in [2.45, 2.75) is 19.8 Å². The van der Waals surface area contributed by atoms with Crippen LogP contribution in [0.2, 0.25) is 0 Å². The Morgan fingerprint density at radius 3 is 2.33 bits per heavy atom. The third-order valence-corrected chi connectivity index (χ3v) is 3.64. The molecule has 1 saturated heterocycles. The molecule has 0 saturated carbocycles. The minimum absolute atomic E-state index is 0.0907. The van der Waals surface area contributed by atoms with Crippen molar-refractivity contribution in [2.24, 2.45) is 5.92 Å². The van der Waals surface area contributed by atoms with Crippen LogP contribution in [0.5, 0.6) is 11.5 Å². The zero-order valence-electron chi connectivity index (χ0n) is 11.9. The number of esters is 1. The topological polar surface area (TPSA) is 87.1 Å². The van der Waals surface area contributed by atoms with Gasteiger partial charge >= 0.3 is 5.97 Å². The van der Waals surface area contributed by atoms with E-state index in [0.717, 1.165) is 0 Å². The smallest absolute Gasteiger partial charge is 0.309 e. The first-order valence-electron chi connectivity index (χ1n) is 7.01. The lowest BCUT2D eigenvalue weighted by Gasteiger charge is -2.31. The summed E-state index contributed by atoms with van der Waals surface area (Å²) in [7, 11) is 0. The number of hydrogen-bond donors (Lipinski definition) is 2. The van der Waals surface area contributed by atoms with Crippen LogP contribution in [-0.2, 0) is 9.53 Å². The van der Waals surface area contributed by atoms with Crippen molar-refractivity contribution < 1.29 is 24.5 Å². The van der Waals surface area contributed by atoms with Gasteiger partial charge in [0.1, 0.15) is 17.1 Å². The Morgan fingerprint density at radius 1 is 1.24 bits per heavy atom. The van der Waals surface area contributed by atoms with Crippen LogP contribution < -0.4 is 0 Å². The molecule has 1 aliphatic heterocycles. The van der Waals surface area contributed by atoms with E-state index in [9.17, 15) is 19.8 Å². The summed E-state index contributed by atoms with van der Waals surface area (Å²) in [5.41, 5.74) is -0.0907. The van der Waals surface area contributed by atoms with Crippen LogP contribution in [0, 0.1) is 5.92 Å². The van der Waals surface area contributed by atoms with Gasteiger partial charge in [0.05, 0.1) is 12.5 Å². The van der Waals surface area contributed by atoms with Gasteiger partial charge in [-0.05, 0) is 31.9 Å². The Morgan fingerprint density at radius 2 is 1.81 bits per heavy atom. The van der Waals surface area contributed by atoms with E-state index < -0.39 is 5.91 Å². The molecule has 21 heavy (non-hydrogen) atoms. The van der Waals surface area contributed by atoms with E-state index in [1.165, 1.54) is 23.1 Å². The van der Waals surface area contributed by atoms with Crippen molar-refractivity contribution in [2.75, 3.05) is 19.7 Å². The predicted octanol–water partition coefficient (Wildman–Crippen LogP) is 1.51. The molecule has 0 bridgehead atoms. The number of hydrogen-bond acceptors (Lipinski definition) is 5. The van der Waals surface area contributed by atoms with Gasteiger partial charge in [0.15, 0.2) is 0 Å². The number of benzene rings is 1. The van der Waals surface area contributed by atoms with Crippen molar-refractivity contribution in [3.05, 3.63) is 23.8 Å². The molecule has 2 rings (SSSR count). The number of aromatic hydroxyl groups is 2. The number of carbonyl (C=O) groups is 2. The lowest BCUT2D eigenvalue weighted by molar-refractivity contribution is -0.149. The Hall–Kier alpha value is -2.24. The number of likely N-dealkylation sites (tertiary alicyclic amines) is 1. The van der Waals surface area contributed by atoms with Crippen molar-refractivity contribution >= 4 is 11.9 Å². The summed E-state index contributed by atoms with van der Waals surface area (Å²) < 4.78 is 4.98. The second-order valence-electron chi connectivity index (χ2n) is 4.99. The molecule has 1 aliphatic rings. The fourth-order valence-electron chi connectivity index (χ4n) is 2.48. The molecule has 6 nitrogen and oxygen atoms in total. The number of rotatable bonds is 3. The van der Waals surface area contributed by atoms with Gasteiger partial charge in [0.2, 0.25) is 0 Å². The van der Waals surface area contributed by atoms with Gasteiger partial charge < -0.3 is 19.8 Å². The minimum atomic E-state index is -0.423. The van der Waals surface area contributed by atoms with Crippen LogP contribution in [0.1, 0.15) is 30.1 Å². The highest BCUT2D eigenvalue weighted by atomic mass is 16.5. The molecule has 1 fully saturated rings. The SMILES string of the molecule is CCOC(=O)C1CCN(C(=O)c2c(O)cccc2O)CC1. The van der Waals surface area contributed by atoms with Gasteiger partial charge in [-0.15, -0.1) is 0 Å². The van der Waals surface area contributed by atoms with Gasteiger partial charge in [0.25, 0.3) is 5.91 Å². The molecule has 1 aromatic rings. The second kappa shape index (κ2) is 6.47. The maximum absolute atomic E-state index is 12.3. The first kappa shape index (κ1) is 15.2. The highest BCUT2D eigenvalue weighted by Crippen LogP contribution is 2.29. The van der Waals surface area contributed by atoms with E-state index in [0.29, 0.717) is 32.5 Å². The van der Waals surface area contributed by atoms with Crippen LogP contribution >= 0.6 is 0 Å². The molecule has 1 amide bonds. The second-order valence-corrected chi connectivity index (χ2v) is 4.99. The molecule has 114 valence electrons. The van der Waals surface area contributed by atoms with Gasteiger partial charge in [-0.3, -0.25) is 9.59 Å². The van der Waals surface area contributed by atoms with E-state index in [4.69, 9.17) is 4.74 Å². The lowest BCUT2D eigenvalue weighted by atomic mass is 9.96. The molecule has 0 radical (unpaired) electrons. The predicted molar refractivity (Wildman–Crippen MR) is 75.0 cm³/mol. The lowest BCUT2D eigenvalue weighted by Crippen LogP contribution is -2.40. The molecule has 0 spiro atoms. The van der Waals surface area contributed by atoms with Gasteiger partial charge in [-0.25, -0.2) is 0 Å². The number of phenols is 2. The monoisotopic (exact) mass is 293 g/mol. The zero-order chi connectivity index (χ0) is 15.4. The number of piperidine rings is 1. The molecule has 0 atom stereocenters. The molecule has 0 unspecified atom stereocenters. The largest absolute Gasteiger partial charge is 0.507 e. The quantitative estimate of drug-likeness (QED) is 0.825. The fourth-order valence-corrected chi connectivity index (χ4v) is 2.48. The minimum Gasteiger partial charge on any atom is -0.507 e. The van der Waals surface area contributed by atoms with Crippen LogP contribution in [0.4, 0.5) is 0 Å². The number of nitrogens with zero attached hydrogens (tertiary/aromatic N) is 1. The van der Waals surface area contributed by atoms with Gasteiger partial charge in [0, 0.05) is 13.1 Å². The molecule has 0 aromatic heterocycles. The molecule has 6 heteroatoms. The third-order valence-electron chi connectivity index (χ3n) is 3.64. The van der Waals surface area contributed by atoms with E-state index in [-0.39, 0.29) is 28.9 Å². The van der Waals surface area contributed by atoms with Crippen molar-refractivity contribution in [3.63, 3.8) is 0 Å². The Bertz CT molecular complexity index is 515. The zero-order valence-corrected chi connectivity index (χ0v) is 11.9. The van der Waals surface area contributed by atoms with Crippen LogP contribution in [0.15, 0.2) is 18.2 Å². The number of ether oxygens (including phenoxy) is 1. The summed E-state index contributed by atoms with van der Waals surface area (Å²) in [5.74, 6) is -1.32. The summed E-state index contributed by atoms with van der Waals surface area (Å²) in [4.78, 5) is 25.5. The van der Waals surface area contributed by atoms with Gasteiger partial charge in [-0.2, -0.15) is 0 Å². The van der Waals surface area contributed by atoms with E-state index >= 15 is 0 Å². The molecule has 1 aromatic carbocycles. The first-order valence-corrected chi connectivity index (χ1v) is 7.01. The Kier molecular flexibility index (Phi) is 4.67. The maximum Gasteiger partial charge on any atom is 0.309 e. The highest BCUT2D eigenvalue weighted by Gasteiger charge is 2.30. The molecule has 1 heterocycles. The van der Waals surface area contributed by atoms with Crippen molar-refractivity contribution in [1.82, 2.24) is 4.90 Å². The van der Waals surface area contributed by atoms with Gasteiger partial charge in [-0.1, -0.05) is 6.07 Å². The van der Waals surface area contributed by atoms with Crippen LogP contribution in [0.3, 0.4) is 0 Å². The van der Waals surface area contributed by atoms with E-state index in [1.807, 2.05) is 0 Å². The third kappa shape index (κ3) is 3.26. The normalized spacial score (nSPS) is 15.8. The first-order chi connectivity index (χ1) is 10.0. The highest BCUT2D eigenvalue weighted by molar-refractivity contribution is 5.99. The van der Waals surface area contributed by atoms with Crippen LogP contribution in [-0.4, -0.2) is 46.7 Å². The molecular formula is C15H19NO5. The average Bonchev–Trinajstić information content (AvgIpc) is 2.47. The fraction of sp³-hybridized carbons (Fsp3) is 0.467. The summed E-state index contributed by atoms with van der Waals surface area (Å²) in [6.07, 6.45) is 1.05. The van der Waals surface area contributed by atoms with E-state index in [2.05, 4.69) is 0 Å². The standard InChI is InChI=1S/C15H19NO5/c1-2-21-15(20)10-6-8-16(9-7-10)14(19)13-11(17)4-3-5-12(13)18/h3-5,10,17-18H,2,6-9H2,1H3. The summed E-state index contributed by atoms with van der Waals surface area (Å²) >= 11 is 0. The number of phenolic OH excluding ortho intramolecular Hbond substituents is 2. The maximum atomic E-state index is 12.3. The summed E-state index contributed by atoms with van der Waals surface area (Å²) in [6.45, 7) is 2.91. The molecule has 2 N–H and O–H groups in total. The summed E-state index contributed by atoms with van der Waals surface area (Å²) in [6, 6.07) is 4.19. The molecule has 0 aliphatic carbocycles. The molecular weight excluding hydrogens is 274 g/mol. The van der Waals surface area contributed by atoms with Crippen LogP contribution in [0.25, 0.3) is 0 Å². The summed E-state index contributed by atoms with van der Waals surface area (Å²) in [5, 5.41) is 19.4.